The monoisotopic (exact) mass is 286 g/mol. The molecule has 1 heterocycles. The molecule has 112 valence electrons. The van der Waals surface area contributed by atoms with Gasteiger partial charge in [-0.15, -0.1) is 5.92 Å². The Hall–Kier alpha value is -1.99. The smallest absolute Gasteiger partial charge is 0.253 e. The molecule has 4 nitrogen and oxygen atoms in total. The van der Waals surface area contributed by atoms with Gasteiger partial charge in [-0.05, 0) is 43.9 Å². The van der Waals surface area contributed by atoms with Crippen molar-refractivity contribution in [2.45, 2.75) is 19.8 Å². The van der Waals surface area contributed by atoms with Crippen LogP contribution in [0.25, 0.3) is 0 Å². The van der Waals surface area contributed by atoms with E-state index in [-0.39, 0.29) is 12.5 Å². The SMILES string of the molecule is CC#CCNc1cccc(C(=O)N2CCC(CO)CC2)c1. The Morgan fingerprint density at radius 2 is 2.19 bits per heavy atom. The Balaban J connectivity index is 1.98. The highest BCUT2D eigenvalue weighted by molar-refractivity contribution is 5.95. The van der Waals surface area contributed by atoms with Crippen LogP contribution in [0.15, 0.2) is 24.3 Å². The number of benzene rings is 1. The molecule has 0 bridgehead atoms. The van der Waals surface area contributed by atoms with Crippen molar-refractivity contribution in [2.75, 3.05) is 31.6 Å². The predicted octanol–water partition coefficient (Wildman–Crippen LogP) is 1.97. The number of hydrogen-bond donors (Lipinski definition) is 2. The van der Waals surface area contributed by atoms with Gasteiger partial charge in [-0.25, -0.2) is 0 Å². The molecule has 0 radical (unpaired) electrons. The molecule has 0 aromatic heterocycles. The van der Waals surface area contributed by atoms with Gasteiger partial charge in [-0.3, -0.25) is 4.79 Å². The lowest BCUT2D eigenvalue weighted by Crippen LogP contribution is -2.39. The van der Waals surface area contributed by atoms with Crippen LogP contribution < -0.4 is 5.32 Å². The molecular formula is C17H22N2O2. The van der Waals surface area contributed by atoms with Crippen LogP contribution in [0.4, 0.5) is 5.69 Å². The minimum Gasteiger partial charge on any atom is -0.396 e. The van der Waals surface area contributed by atoms with E-state index in [0.29, 0.717) is 18.0 Å². The molecule has 1 aliphatic heterocycles. The first-order valence-electron chi connectivity index (χ1n) is 7.38. The molecule has 2 rings (SSSR count). The lowest BCUT2D eigenvalue weighted by molar-refractivity contribution is 0.0651. The van der Waals surface area contributed by atoms with Crippen LogP contribution in [-0.2, 0) is 0 Å². The minimum atomic E-state index is 0.0663. The summed E-state index contributed by atoms with van der Waals surface area (Å²) in [5.74, 6) is 6.18. The maximum atomic E-state index is 12.5. The predicted molar refractivity (Wildman–Crippen MR) is 84.1 cm³/mol. The highest BCUT2D eigenvalue weighted by Gasteiger charge is 2.23. The van der Waals surface area contributed by atoms with E-state index in [4.69, 9.17) is 5.11 Å². The number of carbonyl (C=O) groups excluding carboxylic acids is 1. The Kier molecular flexibility index (Phi) is 5.65. The van der Waals surface area contributed by atoms with E-state index in [1.165, 1.54) is 0 Å². The van der Waals surface area contributed by atoms with E-state index >= 15 is 0 Å². The zero-order chi connectivity index (χ0) is 15.1. The van der Waals surface area contributed by atoms with Crippen molar-refractivity contribution in [3.63, 3.8) is 0 Å². The van der Waals surface area contributed by atoms with Gasteiger partial charge in [0.25, 0.3) is 5.91 Å². The third-order valence-electron chi connectivity index (χ3n) is 3.83. The average molecular weight is 286 g/mol. The number of aliphatic hydroxyl groups excluding tert-OH is 1. The zero-order valence-electron chi connectivity index (χ0n) is 12.4. The number of rotatable bonds is 4. The number of piperidine rings is 1. The minimum absolute atomic E-state index is 0.0663. The van der Waals surface area contributed by atoms with E-state index in [1.54, 1.807) is 6.92 Å². The topological polar surface area (TPSA) is 52.6 Å². The van der Waals surface area contributed by atoms with E-state index in [0.717, 1.165) is 31.6 Å². The number of carbonyl (C=O) groups is 1. The fourth-order valence-electron chi connectivity index (χ4n) is 2.50. The maximum Gasteiger partial charge on any atom is 0.253 e. The largest absolute Gasteiger partial charge is 0.396 e. The molecule has 2 N–H and O–H groups in total. The second-order valence-corrected chi connectivity index (χ2v) is 5.28. The number of anilines is 1. The van der Waals surface area contributed by atoms with Crippen molar-refractivity contribution in [3.8, 4) is 11.8 Å². The average Bonchev–Trinajstić information content (AvgIpc) is 2.55. The van der Waals surface area contributed by atoms with Gasteiger partial charge in [-0.1, -0.05) is 12.0 Å². The Morgan fingerprint density at radius 3 is 2.86 bits per heavy atom. The molecule has 1 fully saturated rings. The van der Waals surface area contributed by atoms with Crippen LogP contribution in [0.2, 0.25) is 0 Å². The molecule has 4 heteroatoms. The number of nitrogens with one attached hydrogen (secondary N) is 1. The zero-order valence-corrected chi connectivity index (χ0v) is 12.4. The van der Waals surface area contributed by atoms with Gasteiger partial charge in [0, 0.05) is 30.9 Å². The summed E-state index contributed by atoms with van der Waals surface area (Å²) in [5, 5.41) is 12.3. The van der Waals surface area contributed by atoms with Gasteiger partial charge in [0.15, 0.2) is 0 Å². The van der Waals surface area contributed by atoms with Gasteiger partial charge >= 0.3 is 0 Å². The summed E-state index contributed by atoms with van der Waals surface area (Å²) < 4.78 is 0. The Bertz CT molecular complexity index is 537. The molecule has 1 saturated heterocycles. The highest BCUT2D eigenvalue weighted by atomic mass is 16.3. The van der Waals surface area contributed by atoms with E-state index < -0.39 is 0 Å². The molecule has 0 saturated carbocycles. The van der Waals surface area contributed by atoms with Crippen LogP contribution >= 0.6 is 0 Å². The Morgan fingerprint density at radius 1 is 1.43 bits per heavy atom. The number of nitrogens with zero attached hydrogens (tertiary/aromatic N) is 1. The first-order chi connectivity index (χ1) is 10.2. The van der Waals surface area contributed by atoms with Crippen LogP contribution in [0.3, 0.4) is 0 Å². The van der Waals surface area contributed by atoms with Crippen molar-refractivity contribution in [3.05, 3.63) is 29.8 Å². The normalized spacial score (nSPS) is 15.2. The maximum absolute atomic E-state index is 12.5. The van der Waals surface area contributed by atoms with Crippen LogP contribution in [0.1, 0.15) is 30.1 Å². The molecule has 1 amide bonds. The third kappa shape index (κ3) is 4.24. The number of aliphatic hydroxyl groups is 1. The van der Waals surface area contributed by atoms with Gasteiger partial charge < -0.3 is 15.3 Å². The fourth-order valence-corrected chi connectivity index (χ4v) is 2.50. The summed E-state index contributed by atoms with van der Waals surface area (Å²) in [4.78, 5) is 14.4. The lowest BCUT2D eigenvalue weighted by atomic mass is 9.97. The fraction of sp³-hybridized carbons (Fsp3) is 0.471. The van der Waals surface area contributed by atoms with Gasteiger partial charge in [-0.2, -0.15) is 0 Å². The summed E-state index contributed by atoms with van der Waals surface area (Å²) in [6.07, 6.45) is 1.76. The molecular weight excluding hydrogens is 264 g/mol. The van der Waals surface area contributed by atoms with Crippen molar-refractivity contribution >= 4 is 11.6 Å². The standard InChI is InChI=1S/C17H22N2O2/c1-2-3-9-18-16-6-4-5-15(12-16)17(21)19-10-7-14(13-20)8-11-19/h4-6,12,14,18,20H,7-11,13H2,1H3. The molecule has 1 aromatic rings. The molecule has 0 aliphatic carbocycles. The van der Waals surface area contributed by atoms with Crippen molar-refractivity contribution in [1.82, 2.24) is 4.90 Å². The number of hydrogen-bond acceptors (Lipinski definition) is 3. The first kappa shape index (κ1) is 15.4. The van der Waals surface area contributed by atoms with Crippen molar-refractivity contribution in [1.29, 1.82) is 0 Å². The summed E-state index contributed by atoms with van der Waals surface area (Å²) in [6, 6.07) is 7.54. The van der Waals surface area contributed by atoms with Gasteiger partial charge in [0.1, 0.15) is 0 Å². The Labute approximate surface area is 126 Å². The lowest BCUT2D eigenvalue weighted by Gasteiger charge is -2.31. The van der Waals surface area contributed by atoms with Gasteiger partial charge in [0.2, 0.25) is 0 Å². The number of likely N-dealkylation sites (tertiary alicyclic amines) is 1. The molecule has 0 atom stereocenters. The molecule has 21 heavy (non-hydrogen) atoms. The van der Waals surface area contributed by atoms with Crippen molar-refractivity contribution in [2.24, 2.45) is 5.92 Å². The van der Waals surface area contributed by atoms with Crippen LogP contribution in [0, 0.1) is 17.8 Å². The van der Waals surface area contributed by atoms with Crippen LogP contribution in [-0.4, -0.2) is 42.2 Å². The summed E-state index contributed by atoms with van der Waals surface area (Å²) >= 11 is 0. The molecule has 1 aliphatic rings. The van der Waals surface area contributed by atoms with E-state index in [2.05, 4.69) is 17.2 Å². The van der Waals surface area contributed by atoms with E-state index in [1.807, 2.05) is 29.2 Å². The highest BCUT2D eigenvalue weighted by Crippen LogP contribution is 2.19. The first-order valence-corrected chi connectivity index (χ1v) is 7.38. The van der Waals surface area contributed by atoms with E-state index in [9.17, 15) is 4.79 Å². The molecule has 1 aromatic carbocycles. The summed E-state index contributed by atoms with van der Waals surface area (Å²) in [7, 11) is 0. The quantitative estimate of drug-likeness (QED) is 0.832. The second-order valence-electron chi connectivity index (χ2n) is 5.28. The van der Waals surface area contributed by atoms with Crippen molar-refractivity contribution < 1.29 is 9.90 Å². The second kappa shape index (κ2) is 7.70. The third-order valence-corrected chi connectivity index (χ3v) is 3.83. The van der Waals surface area contributed by atoms with Gasteiger partial charge in [0.05, 0.1) is 6.54 Å². The number of amides is 1. The molecule has 0 spiro atoms. The molecule has 0 unspecified atom stereocenters. The summed E-state index contributed by atoms with van der Waals surface area (Å²) in [5.41, 5.74) is 1.61. The summed E-state index contributed by atoms with van der Waals surface area (Å²) in [6.45, 7) is 4.06. The van der Waals surface area contributed by atoms with Crippen LogP contribution in [0.5, 0.6) is 0 Å².